The molecule has 0 fully saturated rings. The van der Waals surface area contributed by atoms with E-state index < -0.39 is 6.16 Å². The van der Waals surface area contributed by atoms with Crippen LogP contribution in [0, 0.1) is 0 Å². The molecule has 0 aliphatic heterocycles. The molecule has 0 atom stereocenters. The average molecular weight is 246 g/mol. The minimum absolute atomic E-state index is 0.0700. The lowest BCUT2D eigenvalue weighted by Gasteiger charge is -1.99. The van der Waals surface area contributed by atoms with Crippen molar-refractivity contribution in [1.29, 1.82) is 0 Å². The second-order valence-corrected chi connectivity index (χ2v) is 1.68. The molecule has 0 spiro atoms. The van der Waals surface area contributed by atoms with E-state index >= 15 is 0 Å². The Morgan fingerprint density at radius 1 is 1.56 bits per heavy atom. The fourth-order valence-electron chi connectivity index (χ4n) is 0.230. The summed E-state index contributed by atoms with van der Waals surface area (Å²) in [7, 11) is 0. The molecule has 0 saturated heterocycles. The number of rotatable bonds is 3. The van der Waals surface area contributed by atoms with E-state index in [2.05, 4.69) is 12.5 Å². The van der Waals surface area contributed by atoms with Gasteiger partial charge in [0, 0.05) is 0 Å². The fraction of sp³-hybridized carbons (Fsp3) is 0.750. The zero-order chi connectivity index (χ0) is 7.11. The normalized spacial score (nSPS) is 8.67. The molecule has 0 aliphatic rings. The molecular weight excluding hydrogens is 239 g/mol. The maximum absolute atomic E-state index is 10.3. The second-order valence-electron chi connectivity index (χ2n) is 1.05. The molecule has 0 rings (SSSR count). The van der Waals surface area contributed by atoms with Gasteiger partial charge in [0.25, 0.3) is 0 Å². The SMILES string of the molecule is CCOC(=O)OCOI. The number of hydrogen-bond donors (Lipinski definition) is 0. The Morgan fingerprint density at radius 2 is 2.22 bits per heavy atom. The molecule has 0 aromatic rings. The predicted molar refractivity (Wildman–Crippen MR) is 38.1 cm³/mol. The summed E-state index contributed by atoms with van der Waals surface area (Å²) in [6.45, 7) is 1.95. The highest BCUT2D eigenvalue weighted by Crippen LogP contribution is 1.89. The van der Waals surface area contributed by atoms with Gasteiger partial charge in [0.1, 0.15) is 23.0 Å². The summed E-state index contributed by atoms with van der Waals surface area (Å²) in [6.07, 6.45) is -0.700. The molecule has 0 saturated carbocycles. The van der Waals surface area contributed by atoms with Gasteiger partial charge in [-0.1, -0.05) is 0 Å². The lowest BCUT2D eigenvalue weighted by Crippen LogP contribution is -2.07. The minimum Gasteiger partial charge on any atom is -0.435 e. The lowest BCUT2D eigenvalue weighted by atomic mass is 10.9. The highest BCUT2D eigenvalue weighted by atomic mass is 127. The molecule has 9 heavy (non-hydrogen) atoms. The topological polar surface area (TPSA) is 44.8 Å². The molecule has 0 bridgehead atoms. The largest absolute Gasteiger partial charge is 0.510 e. The van der Waals surface area contributed by atoms with E-state index in [1.165, 1.54) is 0 Å². The van der Waals surface area contributed by atoms with Crippen LogP contribution in [0.3, 0.4) is 0 Å². The van der Waals surface area contributed by atoms with E-state index in [4.69, 9.17) is 0 Å². The maximum atomic E-state index is 10.3. The van der Waals surface area contributed by atoms with Crippen LogP contribution in [0.5, 0.6) is 0 Å². The van der Waals surface area contributed by atoms with Crippen LogP contribution in [0.2, 0.25) is 0 Å². The lowest BCUT2D eigenvalue weighted by molar-refractivity contribution is 0.0216. The fourth-order valence-corrected chi connectivity index (χ4v) is 0.357. The monoisotopic (exact) mass is 246 g/mol. The third-order valence-corrected chi connectivity index (χ3v) is 0.738. The molecule has 5 heteroatoms. The van der Waals surface area contributed by atoms with E-state index in [9.17, 15) is 4.79 Å². The molecule has 4 nitrogen and oxygen atoms in total. The molecule has 0 N–H and O–H groups in total. The van der Waals surface area contributed by atoms with Crippen molar-refractivity contribution in [2.75, 3.05) is 13.4 Å². The van der Waals surface area contributed by atoms with Gasteiger partial charge in [-0.15, -0.1) is 0 Å². The Hall–Kier alpha value is -0.0400. The quantitative estimate of drug-likeness (QED) is 0.430. The number of carbonyl (C=O) groups is 1. The molecule has 0 heterocycles. The predicted octanol–water partition coefficient (Wildman–Crippen LogP) is 1.48. The van der Waals surface area contributed by atoms with Gasteiger partial charge in [-0.05, 0) is 6.92 Å². The van der Waals surface area contributed by atoms with Gasteiger partial charge in [-0.2, -0.15) is 0 Å². The van der Waals surface area contributed by atoms with Crippen molar-refractivity contribution < 1.29 is 17.3 Å². The van der Waals surface area contributed by atoms with Crippen molar-refractivity contribution in [2.45, 2.75) is 6.92 Å². The average Bonchev–Trinajstić information content (AvgIpc) is 1.85. The zero-order valence-corrected chi connectivity index (χ0v) is 7.08. The smallest absolute Gasteiger partial charge is 0.435 e. The van der Waals surface area contributed by atoms with Gasteiger partial charge in [0.15, 0.2) is 0 Å². The first-order valence-corrected chi connectivity index (χ1v) is 3.22. The van der Waals surface area contributed by atoms with Gasteiger partial charge < -0.3 is 9.47 Å². The molecule has 0 aromatic carbocycles. The van der Waals surface area contributed by atoms with Crippen molar-refractivity contribution in [3.63, 3.8) is 0 Å². The molecule has 0 amide bonds. The van der Waals surface area contributed by atoms with Crippen molar-refractivity contribution in [1.82, 2.24) is 0 Å². The van der Waals surface area contributed by atoms with Crippen molar-refractivity contribution in [3.05, 3.63) is 0 Å². The first-order chi connectivity index (χ1) is 4.31. The summed E-state index contributed by atoms with van der Waals surface area (Å²) in [5.41, 5.74) is 0. The summed E-state index contributed by atoms with van der Waals surface area (Å²) >= 11 is 1.62. The summed E-state index contributed by atoms with van der Waals surface area (Å²) in [6, 6.07) is 0. The van der Waals surface area contributed by atoms with Crippen LogP contribution >= 0.6 is 23.0 Å². The Morgan fingerprint density at radius 3 is 2.67 bits per heavy atom. The van der Waals surface area contributed by atoms with E-state index in [1.54, 1.807) is 29.9 Å². The van der Waals surface area contributed by atoms with Crippen LogP contribution in [0.15, 0.2) is 0 Å². The van der Waals surface area contributed by atoms with Crippen molar-refractivity contribution in [3.8, 4) is 0 Å². The van der Waals surface area contributed by atoms with E-state index in [-0.39, 0.29) is 6.79 Å². The Bertz CT molecular complexity index is 84.6. The zero-order valence-electron chi connectivity index (χ0n) is 4.93. The Kier molecular flexibility index (Phi) is 6.06. The molecule has 0 radical (unpaired) electrons. The highest BCUT2D eigenvalue weighted by molar-refractivity contribution is 14.1. The third-order valence-electron chi connectivity index (χ3n) is 0.484. The van der Waals surface area contributed by atoms with Crippen LogP contribution in [0.1, 0.15) is 6.92 Å². The summed E-state index contributed by atoms with van der Waals surface area (Å²) in [4.78, 5) is 10.3. The molecule has 0 unspecified atom stereocenters. The van der Waals surface area contributed by atoms with E-state index in [1.807, 2.05) is 0 Å². The van der Waals surface area contributed by atoms with Gasteiger partial charge in [0.05, 0.1) is 6.61 Å². The van der Waals surface area contributed by atoms with Gasteiger partial charge >= 0.3 is 6.16 Å². The second kappa shape index (κ2) is 6.09. The van der Waals surface area contributed by atoms with E-state index in [0.29, 0.717) is 6.61 Å². The van der Waals surface area contributed by atoms with E-state index in [0.717, 1.165) is 0 Å². The molecule has 54 valence electrons. The number of carbonyl (C=O) groups excluding carboxylic acids is 1. The Labute approximate surface area is 67.1 Å². The number of hydrogen-bond acceptors (Lipinski definition) is 4. The standard InChI is InChI=1S/C4H7IO4/c1-2-7-4(6)8-3-9-5/h2-3H2,1H3. The third kappa shape index (κ3) is 5.84. The van der Waals surface area contributed by atoms with Crippen molar-refractivity contribution in [2.24, 2.45) is 0 Å². The minimum atomic E-state index is -0.700. The summed E-state index contributed by atoms with van der Waals surface area (Å²) < 4.78 is 13.1. The first-order valence-electron chi connectivity index (χ1n) is 2.34. The summed E-state index contributed by atoms with van der Waals surface area (Å²) in [5, 5.41) is 0. The van der Waals surface area contributed by atoms with Gasteiger partial charge in [-0.3, -0.25) is 3.07 Å². The van der Waals surface area contributed by atoms with Crippen LogP contribution < -0.4 is 0 Å². The van der Waals surface area contributed by atoms with Crippen LogP contribution in [-0.4, -0.2) is 19.6 Å². The van der Waals surface area contributed by atoms with Gasteiger partial charge in [0.2, 0.25) is 6.79 Å². The Balaban J connectivity index is 3.06. The maximum Gasteiger partial charge on any atom is 0.510 e. The van der Waals surface area contributed by atoms with Crippen molar-refractivity contribution >= 4 is 29.2 Å². The highest BCUT2D eigenvalue weighted by Gasteiger charge is 1.98. The van der Waals surface area contributed by atoms with Crippen LogP contribution in [0.25, 0.3) is 0 Å². The molecule has 0 aliphatic carbocycles. The van der Waals surface area contributed by atoms with Crippen LogP contribution in [0.4, 0.5) is 4.79 Å². The molecular formula is C4H7IO4. The molecule has 0 aromatic heterocycles. The number of ether oxygens (including phenoxy) is 2. The summed E-state index contributed by atoms with van der Waals surface area (Å²) in [5.74, 6) is 0. The van der Waals surface area contributed by atoms with Gasteiger partial charge in [-0.25, -0.2) is 4.79 Å². The number of halogens is 1. The first kappa shape index (κ1) is 8.96. The van der Waals surface area contributed by atoms with Crippen LogP contribution in [-0.2, 0) is 12.5 Å².